The highest BCUT2D eigenvalue weighted by atomic mass is 16.5. The normalized spacial score (nSPS) is 15.3. The second kappa shape index (κ2) is 6.90. The number of nitrogens with zero attached hydrogens (tertiary/aromatic N) is 1. The molecule has 0 saturated heterocycles. The highest BCUT2D eigenvalue weighted by molar-refractivity contribution is 5.75. The van der Waals surface area contributed by atoms with Gasteiger partial charge in [-0.3, -0.25) is 0 Å². The minimum absolute atomic E-state index is 0.00151. The van der Waals surface area contributed by atoms with Gasteiger partial charge in [0.1, 0.15) is 0 Å². The molecule has 0 aliphatic carbocycles. The molecule has 22 heavy (non-hydrogen) atoms. The lowest BCUT2D eigenvalue weighted by Gasteiger charge is -2.31. The molecule has 0 aromatic heterocycles. The maximum Gasteiger partial charge on any atom is 0.317 e. The van der Waals surface area contributed by atoms with Crippen molar-refractivity contribution in [2.24, 2.45) is 5.92 Å². The highest BCUT2D eigenvalue weighted by Gasteiger charge is 2.24. The zero-order valence-corrected chi connectivity index (χ0v) is 14.1. The molecule has 5 nitrogen and oxygen atoms in total. The molecular weight excluding hydrogens is 280 g/mol. The fraction of sp³-hybridized carbons (Fsp3) is 0.588. The standard InChI is InChI=1S/C17H26N2O3/c1-11(2)12(3)18-17(20)19-7-6-13-8-15(21-4)16(22-5)9-14(13)10-19/h8-9,11-12H,6-7,10H2,1-5H3,(H,18,20). The average Bonchev–Trinajstić information content (AvgIpc) is 2.52. The van der Waals surface area contributed by atoms with Gasteiger partial charge in [0.25, 0.3) is 0 Å². The van der Waals surface area contributed by atoms with Gasteiger partial charge in [-0.25, -0.2) is 4.79 Å². The van der Waals surface area contributed by atoms with Crippen molar-refractivity contribution < 1.29 is 14.3 Å². The van der Waals surface area contributed by atoms with E-state index in [-0.39, 0.29) is 12.1 Å². The van der Waals surface area contributed by atoms with E-state index in [0.29, 0.717) is 18.2 Å². The zero-order valence-electron chi connectivity index (χ0n) is 14.1. The van der Waals surface area contributed by atoms with E-state index in [4.69, 9.17) is 9.47 Å². The molecule has 1 N–H and O–H groups in total. The van der Waals surface area contributed by atoms with Crippen molar-refractivity contribution >= 4 is 6.03 Å². The van der Waals surface area contributed by atoms with Crippen molar-refractivity contribution in [1.29, 1.82) is 0 Å². The van der Waals surface area contributed by atoms with Gasteiger partial charge in [-0.15, -0.1) is 0 Å². The first-order chi connectivity index (χ1) is 10.5. The Labute approximate surface area is 132 Å². The van der Waals surface area contributed by atoms with Crippen LogP contribution in [0.2, 0.25) is 0 Å². The minimum Gasteiger partial charge on any atom is -0.493 e. The zero-order chi connectivity index (χ0) is 16.3. The first kappa shape index (κ1) is 16.5. The first-order valence-corrected chi connectivity index (χ1v) is 7.75. The SMILES string of the molecule is COc1cc2c(cc1OC)CN(C(=O)NC(C)C(C)C)CC2. The van der Waals surface area contributed by atoms with Crippen molar-refractivity contribution in [1.82, 2.24) is 10.2 Å². The predicted octanol–water partition coefficient (Wildman–Crippen LogP) is 2.82. The van der Waals surface area contributed by atoms with Gasteiger partial charge in [-0.05, 0) is 42.5 Å². The molecule has 1 aromatic carbocycles. The van der Waals surface area contributed by atoms with E-state index in [0.717, 1.165) is 24.3 Å². The molecule has 2 amide bonds. The van der Waals surface area contributed by atoms with Crippen LogP contribution >= 0.6 is 0 Å². The number of benzene rings is 1. The molecule has 1 aromatic rings. The third kappa shape index (κ3) is 3.46. The van der Waals surface area contributed by atoms with Crippen LogP contribution in [0.25, 0.3) is 0 Å². The quantitative estimate of drug-likeness (QED) is 0.930. The van der Waals surface area contributed by atoms with Crippen molar-refractivity contribution in [3.63, 3.8) is 0 Å². The summed E-state index contributed by atoms with van der Waals surface area (Å²) in [7, 11) is 3.27. The summed E-state index contributed by atoms with van der Waals surface area (Å²) < 4.78 is 10.7. The molecular formula is C17H26N2O3. The van der Waals surface area contributed by atoms with Gasteiger partial charge in [0.05, 0.1) is 14.2 Å². The summed E-state index contributed by atoms with van der Waals surface area (Å²) in [5.74, 6) is 1.87. The van der Waals surface area contributed by atoms with Gasteiger partial charge in [0, 0.05) is 19.1 Å². The van der Waals surface area contributed by atoms with Crippen molar-refractivity contribution in [2.75, 3.05) is 20.8 Å². The van der Waals surface area contributed by atoms with E-state index in [9.17, 15) is 4.79 Å². The largest absolute Gasteiger partial charge is 0.493 e. The van der Waals surface area contributed by atoms with Crippen LogP contribution in [0.15, 0.2) is 12.1 Å². The third-order valence-electron chi connectivity index (χ3n) is 4.36. The Morgan fingerprint density at radius 1 is 1.14 bits per heavy atom. The van der Waals surface area contributed by atoms with Crippen molar-refractivity contribution in [2.45, 2.75) is 39.8 Å². The molecule has 0 radical (unpaired) electrons. The average molecular weight is 306 g/mol. The number of amides is 2. The van der Waals surface area contributed by atoms with Gasteiger partial charge >= 0.3 is 6.03 Å². The van der Waals surface area contributed by atoms with Crippen LogP contribution in [0, 0.1) is 5.92 Å². The molecule has 2 rings (SSSR count). The number of fused-ring (bicyclic) bond motifs is 1. The molecule has 1 heterocycles. The van der Waals surface area contributed by atoms with Crippen LogP contribution in [0.5, 0.6) is 11.5 Å². The second-order valence-electron chi connectivity index (χ2n) is 6.13. The predicted molar refractivity (Wildman–Crippen MR) is 86.5 cm³/mol. The molecule has 0 saturated carbocycles. The van der Waals surface area contributed by atoms with Gasteiger partial charge in [0.2, 0.25) is 0 Å². The summed E-state index contributed by atoms with van der Waals surface area (Å²) in [4.78, 5) is 14.2. The number of rotatable bonds is 4. The number of carbonyl (C=O) groups is 1. The molecule has 1 atom stereocenters. The first-order valence-electron chi connectivity index (χ1n) is 7.75. The minimum atomic E-state index is 0.00151. The maximum absolute atomic E-state index is 12.4. The number of nitrogens with one attached hydrogen (secondary N) is 1. The second-order valence-corrected chi connectivity index (χ2v) is 6.13. The fourth-order valence-electron chi connectivity index (χ4n) is 2.51. The van der Waals surface area contributed by atoms with Crippen LogP contribution in [0.4, 0.5) is 4.79 Å². The molecule has 1 aliphatic rings. The van der Waals surface area contributed by atoms with E-state index >= 15 is 0 Å². The molecule has 0 fully saturated rings. The number of ether oxygens (including phenoxy) is 2. The lowest BCUT2D eigenvalue weighted by Crippen LogP contribution is -2.47. The van der Waals surface area contributed by atoms with Crippen LogP contribution in [0.1, 0.15) is 31.9 Å². The number of hydrogen-bond donors (Lipinski definition) is 1. The number of urea groups is 1. The van der Waals surface area contributed by atoms with E-state index in [1.54, 1.807) is 14.2 Å². The topological polar surface area (TPSA) is 50.8 Å². The lowest BCUT2D eigenvalue weighted by atomic mass is 9.99. The van der Waals surface area contributed by atoms with E-state index < -0.39 is 0 Å². The van der Waals surface area contributed by atoms with E-state index in [2.05, 4.69) is 19.2 Å². The summed E-state index contributed by atoms with van der Waals surface area (Å²) >= 11 is 0. The van der Waals surface area contributed by atoms with Crippen molar-refractivity contribution in [3.05, 3.63) is 23.3 Å². The molecule has 0 bridgehead atoms. The Kier molecular flexibility index (Phi) is 5.16. The molecule has 5 heteroatoms. The summed E-state index contributed by atoms with van der Waals surface area (Å²) in [6.45, 7) is 7.57. The summed E-state index contributed by atoms with van der Waals surface area (Å²) in [5.41, 5.74) is 2.34. The van der Waals surface area contributed by atoms with Gasteiger partial charge in [-0.2, -0.15) is 0 Å². The molecule has 122 valence electrons. The Balaban J connectivity index is 2.12. The van der Waals surface area contributed by atoms with E-state index in [1.807, 2.05) is 24.0 Å². The Hall–Kier alpha value is -1.91. The van der Waals surface area contributed by atoms with Gasteiger partial charge in [-0.1, -0.05) is 13.8 Å². The number of hydrogen-bond acceptors (Lipinski definition) is 3. The third-order valence-corrected chi connectivity index (χ3v) is 4.36. The Bertz CT molecular complexity index is 543. The lowest BCUT2D eigenvalue weighted by molar-refractivity contribution is 0.186. The smallest absolute Gasteiger partial charge is 0.317 e. The van der Waals surface area contributed by atoms with E-state index in [1.165, 1.54) is 5.56 Å². The van der Waals surface area contributed by atoms with Gasteiger partial charge in [0.15, 0.2) is 11.5 Å². The maximum atomic E-state index is 12.4. The number of carbonyl (C=O) groups excluding carboxylic acids is 1. The van der Waals surface area contributed by atoms with Gasteiger partial charge < -0.3 is 19.7 Å². The van der Waals surface area contributed by atoms with Crippen molar-refractivity contribution in [3.8, 4) is 11.5 Å². The summed E-state index contributed by atoms with van der Waals surface area (Å²) in [6.07, 6.45) is 0.833. The summed E-state index contributed by atoms with van der Waals surface area (Å²) in [5, 5.41) is 3.06. The molecule has 1 unspecified atom stereocenters. The number of methoxy groups -OCH3 is 2. The van der Waals surface area contributed by atoms with Crippen LogP contribution in [-0.2, 0) is 13.0 Å². The Morgan fingerprint density at radius 3 is 2.27 bits per heavy atom. The fourth-order valence-corrected chi connectivity index (χ4v) is 2.51. The van der Waals surface area contributed by atoms with Crippen LogP contribution < -0.4 is 14.8 Å². The summed E-state index contributed by atoms with van der Waals surface area (Å²) in [6, 6.07) is 4.15. The monoisotopic (exact) mass is 306 g/mol. The highest BCUT2D eigenvalue weighted by Crippen LogP contribution is 2.33. The van der Waals surface area contributed by atoms with Crippen LogP contribution in [0.3, 0.4) is 0 Å². The molecule has 0 spiro atoms. The molecule has 1 aliphatic heterocycles. The Morgan fingerprint density at radius 2 is 1.73 bits per heavy atom. The van der Waals surface area contributed by atoms with Crippen LogP contribution in [-0.4, -0.2) is 37.7 Å².